The van der Waals surface area contributed by atoms with Gasteiger partial charge in [-0.05, 0) is 54.5 Å². The fourth-order valence-corrected chi connectivity index (χ4v) is 4.80. The third kappa shape index (κ3) is 5.42. The van der Waals surface area contributed by atoms with Crippen molar-refractivity contribution in [1.82, 2.24) is 4.90 Å². The van der Waals surface area contributed by atoms with E-state index in [4.69, 9.17) is 31.2 Å². The highest BCUT2D eigenvalue weighted by Crippen LogP contribution is 2.44. The minimum absolute atomic E-state index is 0.0389. The number of thiocarbonyl (C=S) groups is 1. The van der Waals surface area contributed by atoms with Crippen LogP contribution in [0.1, 0.15) is 18.4 Å². The number of benzene rings is 2. The topological polar surface area (TPSA) is 74.3 Å². The molecule has 1 saturated carbocycles. The number of nitrogens with zero attached hydrogens (tertiary/aromatic N) is 1. The molecule has 2 fully saturated rings. The molecule has 1 saturated heterocycles. The second-order valence-electron chi connectivity index (χ2n) is 8.10. The SMILES string of the molecule is COC(=O)[C@H]1[C@@H]2C[C@H](OC(=S)Oc3ccc(F)cc3)C[C@H]2CN1C(=O)OCc1ccccc1. The van der Waals surface area contributed by atoms with Gasteiger partial charge in [0.15, 0.2) is 0 Å². The van der Waals surface area contributed by atoms with Crippen LogP contribution in [0.5, 0.6) is 5.75 Å². The number of halogens is 1. The van der Waals surface area contributed by atoms with Crippen LogP contribution < -0.4 is 4.74 Å². The van der Waals surface area contributed by atoms with Gasteiger partial charge in [0.05, 0.1) is 7.11 Å². The molecule has 1 aliphatic heterocycles. The van der Waals surface area contributed by atoms with E-state index < -0.39 is 18.1 Å². The van der Waals surface area contributed by atoms with Gasteiger partial charge in [-0.1, -0.05) is 30.3 Å². The summed E-state index contributed by atoms with van der Waals surface area (Å²) in [6.07, 6.45) is 0.312. The van der Waals surface area contributed by atoms with E-state index in [9.17, 15) is 14.0 Å². The van der Waals surface area contributed by atoms with E-state index in [0.29, 0.717) is 25.1 Å². The molecule has 1 aliphatic carbocycles. The molecule has 1 amide bonds. The maximum Gasteiger partial charge on any atom is 0.410 e. The molecule has 33 heavy (non-hydrogen) atoms. The van der Waals surface area contributed by atoms with Gasteiger partial charge < -0.3 is 18.9 Å². The minimum Gasteiger partial charge on any atom is -0.467 e. The Bertz CT molecular complexity index is 1000. The number of fused-ring (bicyclic) bond motifs is 1. The van der Waals surface area contributed by atoms with Gasteiger partial charge in [-0.3, -0.25) is 4.90 Å². The summed E-state index contributed by atoms with van der Waals surface area (Å²) in [4.78, 5) is 26.8. The van der Waals surface area contributed by atoms with Crippen molar-refractivity contribution in [3.63, 3.8) is 0 Å². The maximum atomic E-state index is 13.0. The lowest BCUT2D eigenvalue weighted by atomic mass is 9.94. The molecule has 0 bridgehead atoms. The summed E-state index contributed by atoms with van der Waals surface area (Å²) in [5, 5.41) is -0.0691. The summed E-state index contributed by atoms with van der Waals surface area (Å²) >= 11 is 5.17. The predicted octanol–water partition coefficient (Wildman–Crippen LogP) is 4.09. The molecule has 2 aromatic rings. The molecular formula is C24H24FNO6S. The van der Waals surface area contributed by atoms with Crippen LogP contribution in [0.25, 0.3) is 0 Å². The second-order valence-corrected chi connectivity index (χ2v) is 8.44. The lowest BCUT2D eigenvalue weighted by Crippen LogP contribution is -2.44. The number of likely N-dealkylation sites (tertiary alicyclic amines) is 1. The van der Waals surface area contributed by atoms with Gasteiger partial charge in [-0.25, -0.2) is 14.0 Å². The Morgan fingerprint density at radius 1 is 1.09 bits per heavy atom. The third-order valence-corrected chi connectivity index (χ3v) is 6.22. The zero-order chi connectivity index (χ0) is 23.4. The number of amides is 1. The van der Waals surface area contributed by atoms with Crippen molar-refractivity contribution in [2.24, 2.45) is 11.8 Å². The van der Waals surface area contributed by atoms with Crippen LogP contribution in [0.4, 0.5) is 9.18 Å². The summed E-state index contributed by atoms with van der Waals surface area (Å²) in [7, 11) is 1.30. The average Bonchev–Trinajstić information content (AvgIpc) is 3.36. The van der Waals surface area contributed by atoms with Crippen LogP contribution in [-0.4, -0.2) is 48.0 Å². The Balaban J connectivity index is 1.35. The van der Waals surface area contributed by atoms with Crippen LogP contribution in [-0.2, 0) is 25.6 Å². The van der Waals surface area contributed by atoms with Gasteiger partial charge in [0.1, 0.15) is 30.3 Å². The second kappa shape index (κ2) is 10.2. The predicted molar refractivity (Wildman–Crippen MR) is 120 cm³/mol. The summed E-state index contributed by atoms with van der Waals surface area (Å²) < 4.78 is 34.7. The number of carbonyl (C=O) groups is 2. The minimum atomic E-state index is -0.747. The quantitative estimate of drug-likeness (QED) is 0.478. The molecule has 0 unspecified atom stereocenters. The number of carbonyl (C=O) groups excluding carboxylic acids is 2. The number of esters is 1. The largest absolute Gasteiger partial charge is 0.467 e. The van der Waals surface area contributed by atoms with E-state index >= 15 is 0 Å². The standard InChI is InChI=1S/C24H24FNO6S/c1-29-22(27)21-20-12-19(32-24(33)31-18-9-7-17(25)8-10-18)11-16(20)13-26(21)23(28)30-14-15-5-3-2-4-6-15/h2-10,16,19-21H,11-14H2,1H3/t16-,19+,20+,21+/m0/s1. The van der Waals surface area contributed by atoms with Gasteiger partial charge in [0.25, 0.3) is 0 Å². The van der Waals surface area contributed by atoms with E-state index in [2.05, 4.69) is 0 Å². The van der Waals surface area contributed by atoms with Gasteiger partial charge >= 0.3 is 17.3 Å². The molecule has 7 nitrogen and oxygen atoms in total. The maximum absolute atomic E-state index is 13.0. The number of rotatable bonds is 5. The Labute approximate surface area is 196 Å². The number of hydrogen-bond donors (Lipinski definition) is 0. The van der Waals surface area contributed by atoms with Crippen LogP contribution >= 0.6 is 12.2 Å². The summed E-state index contributed by atoms with van der Waals surface area (Å²) in [6, 6.07) is 14.1. The highest BCUT2D eigenvalue weighted by atomic mass is 32.1. The molecule has 0 spiro atoms. The molecule has 0 radical (unpaired) electrons. The smallest absolute Gasteiger partial charge is 0.410 e. The van der Waals surface area contributed by atoms with Crippen molar-refractivity contribution >= 4 is 29.5 Å². The average molecular weight is 474 g/mol. The third-order valence-electron chi connectivity index (χ3n) is 6.04. The van der Waals surface area contributed by atoms with Gasteiger partial charge in [-0.15, -0.1) is 0 Å². The molecule has 2 aromatic carbocycles. The first-order chi connectivity index (χ1) is 15.9. The Morgan fingerprint density at radius 3 is 2.52 bits per heavy atom. The van der Waals surface area contributed by atoms with Crippen LogP contribution in [0.2, 0.25) is 0 Å². The first kappa shape index (κ1) is 23.0. The first-order valence-electron chi connectivity index (χ1n) is 10.6. The zero-order valence-corrected chi connectivity index (χ0v) is 18.8. The summed E-state index contributed by atoms with van der Waals surface area (Å²) in [5.41, 5.74) is 0.864. The highest BCUT2D eigenvalue weighted by Gasteiger charge is 2.54. The van der Waals surface area contributed by atoms with Crippen LogP contribution in [0.3, 0.4) is 0 Å². The van der Waals surface area contributed by atoms with Gasteiger partial charge in [-0.2, -0.15) is 0 Å². The summed E-state index contributed by atoms with van der Waals surface area (Å²) in [6.45, 7) is 0.490. The molecular weight excluding hydrogens is 449 g/mol. The normalized spacial score (nSPS) is 23.5. The lowest BCUT2D eigenvalue weighted by Gasteiger charge is -2.26. The molecule has 174 valence electrons. The van der Waals surface area contributed by atoms with Crippen molar-refractivity contribution < 1.29 is 32.9 Å². The van der Waals surface area contributed by atoms with E-state index in [1.807, 2.05) is 30.3 Å². The number of ether oxygens (including phenoxy) is 4. The van der Waals surface area contributed by atoms with Crippen molar-refractivity contribution in [2.75, 3.05) is 13.7 Å². The first-order valence-corrected chi connectivity index (χ1v) is 11.0. The van der Waals surface area contributed by atoms with Crippen molar-refractivity contribution in [3.05, 3.63) is 66.0 Å². The fraction of sp³-hybridized carbons (Fsp3) is 0.375. The monoisotopic (exact) mass is 473 g/mol. The van der Waals surface area contributed by atoms with Crippen LogP contribution in [0.15, 0.2) is 54.6 Å². The van der Waals surface area contributed by atoms with Crippen molar-refractivity contribution in [2.45, 2.75) is 31.6 Å². The molecule has 9 heteroatoms. The van der Waals surface area contributed by atoms with E-state index in [-0.39, 0.29) is 35.6 Å². The van der Waals surface area contributed by atoms with E-state index in [1.165, 1.54) is 36.3 Å². The Kier molecular flexibility index (Phi) is 7.08. The zero-order valence-electron chi connectivity index (χ0n) is 18.0. The lowest BCUT2D eigenvalue weighted by molar-refractivity contribution is -0.146. The summed E-state index contributed by atoms with van der Waals surface area (Å²) in [5.74, 6) is -0.583. The number of hydrogen-bond acceptors (Lipinski definition) is 7. The molecule has 4 atom stereocenters. The number of methoxy groups -OCH3 is 1. The van der Waals surface area contributed by atoms with Crippen LogP contribution in [0, 0.1) is 17.7 Å². The Hall–Kier alpha value is -3.20. The molecule has 0 N–H and O–H groups in total. The van der Waals surface area contributed by atoms with Gasteiger partial charge in [0, 0.05) is 18.8 Å². The fourth-order valence-electron chi connectivity index (χ4n) is 4.57. The molecule has 0 aromatic heterocycles. The van der Waals surface area contributed by atoms with E-state index in [0.717, 1.165) is 5.56 Å². The van der Waals surface area contributed by atoms with E-state index in [1.54, 1.807) is 0 Å². The molecule has 1 heterocycles. The highest BCUT2D eigenvalue weighted by molar-refractivity contribution is 7.79. The molecule has 4 rings (SSSR count). The van der Waals surface area contributed by atoms with Crippen molar-refractivity contribution in [1.29, 1.82) is 0 Å². The molecule has 2 aliphatic rings. The van der Waals surface area contributed by atoms with Crippen molar-refractivity contribution in [3.8, 4) is 5.75 Å². The Morgan fingerprint density at radius 2 is 1.82 bits per heavy atom. The van der Waals surface area contributed by atoms with Gasteiger partial charge in [0.2, 0.25) is 0 Å².